The number of primary sulfonamides is 1. The Hall–Kier alpha value is -1.31. The summed E-state index contributed by atoms with van der Waals surface area (Å²) in [6, 6.07) is 4.10. The van der Waals surface area contributed by atoms with Gasteiger partial charge in [-0.25, -0.2) is 13.6 Å². The van der Waals surface area contributed by atoms with Gasteiger partial charge in [0.2, 0.25) is 10.0 Å². The zero-order valence-corrected chi connectivity index (χ0v) is 10.8. The van der Waals surface area contributed by atoms with E-state index in [0.717, 1.165) is 19.3 Å². The average Bonchev–Trinajstić information content (AvgIpc) is 2.29. The lowest BCUT2D eigenvalue weighted by molar-refractivity contribution is 0.266. The molecule has 0 bridgehead atoms. The first-order chi connectivity index (χ1) is 8.45. The van der Waals surface area contributed by atoms with E-state index in [1.54, 1.807) is 0 Å². The highest BCUT2D eigenvalue weighted by atomic mass is 32.2. The molecule has 0 saturated heterocycles. The number of hydrogen-bond acceptors (Lipinski definition) is 5. The molecule has 5 N–H and O–H groups in total. The van der Waals surface area contributed by atoms with E-state index in [2.05, 4.69) is 0 Å². The summed E-state index contributed by atoms with van der Waals surface area (Å²) in [4.78, 5) is -0.0259. The lowest BCUT2D eigenvalue weighted by atomic mass is 10.2. The molecule has 0 radical (unpaired) electrons. The average molecular weight is 274 g/mol. The Morgan fingerprint density at radius 3 is 2.56 bits per heavy atom. The largest absolute Gasteiger partial charge is 0.491 e. The van der Waals surface area contributed by atoms with Gasteiger partial charge in [0.05, 0.1) is 17.2 Å². The number of rotatable bonds is 7. The highest BCUT2D eigenvalue weighted by Gasteiger charge is 2.10. The van der Waals surface area contributed by atoms with Crippen molar-refractivity contribution < 1.29 is 18.3 Å². The Bertz CT molecular complexity index is 488. The topological polar surface area (TPSA) is 116 Å². The molecule has 0 atom stereocenters. The maximum absolute atomic E-state index is 11.2. The van der Waals surface area contributed by atoms with Gasteiger partial charge in [-0.1, -0.05) is 0 Å². The second-order valence-electron chi connectivity index (χ2n) is 3.88. The van der Waals surface area contributed by atoms with E-state index >= 15 is 0 Å². The summed E-state index contributed by atoms with van der Waals surface area (Å²) in [6.07, 6.45) is 2.32. The minimum atomic E-state index is -3.75. The van der Waals surface area contributed by atoms with Crippen molar-refractivity contribution in [3.05, 3.63) is 18.2 Å². The van der Waals surface area contributed by atoms with Crippen molar-refractivity contribution in [2.45, 2.75) is 24.2 Å². The Morgan fingerprint density at radius 1 is 1.22 bits per heavy atom. The predicted molar refractivity (Wildman–Crippen MR) is 68.7 cm³/mol. The van der Waals surface area contributed by atoms with Crippen LogP contribution in [-0.4, -0.2) is 26.7 Å². The summed E-state index contributed by atoms with van der Waals surface area (Å²) in [5, 5.41) is 13.6. The molecule has 0 fully saturated rings. The van der Waals surface area contributed by atoms with Crippen molar-refractivity contribution in [2.75, 3.05) is 18.9 Å². The van der Waals surface area contributed by atoms with Gasteiger partial charge >= 0.3 is 0 Å². The maximum atomic E-state index is 11.2. The van der Waals surface area contributed by atoms with Crippen LogP contribution in [0, 0.1) is 0 Å². The van der Waals surface area contributed by atoms with Gasteiger partial charge in [-0.05, 0) is 31.4 Å². The molecule has 0 saturated carbocycles. The second-order valence-corrected chi connectivity index (χ2v) is 5.44. The fourth-order valence-corrected chi connectivity index (χ4v) is 1.92. The molecule has 1 aromatic rings. The number of unbranched alkanes of at least 4 members (excludes halogenated alkanes) is 2. The first-order valence-electron chi connectivity index (χ1n) is 5.61. The van der Waals surface area contributed by atoms with Gasteiger partial charge in [-0.15, -0.1) is 0 Å². The van der Waals surface area contributed by atoms with Crippen LogP contribution >= 0.6 is 0 Å². The molecule has 0 aromatic heterocycles. The Balaban J connectivity index is 2.65. The van der Waals surface area contributed by atoms with Crippen LogP contribution in [0.2, 0.25) is 0 Å². The summed E-state index contributed by atoms with van der Waals surface area (Å²) in [5.74, 6) is 0.311. The standard InChI is InChI=1S/C11H18N2O4S/c12-10-5-4-9(18(13,15)16)8-11(10)17-7-3-1-2-6-14/h4-5,8,14H,1-3,6-7,12H2,(H2,13,15,16). The predicted octanol–water partition coefficient (Wildman–Crippen LogP) is 0.458. The summed E-state index contributed by atoms with van der Waals surface area (Å²) in [5.41, 5.74) is 6.04. The lowest BCUT2D eigenvalue weighted by Gasteiger charge is -2.09. The molecule has 0 amide bonds. The molecule has 1 rings (SSSR count). The van der Waals surface area contributed by atoms with Gasteiger partial charge in [0.1, 0.15) is 5.75 Å². The number of nitrogen functional groups attached to an aromatic ring is 1. The number of aliphatic hydroxyl groups is 1. The first-order valence-corrected chi connectivity index (χ1v) is 7.16. The molecule has 0 aliphatic heterocycles. The van der Waals surface area contributed by atoms with Crippen molar-refractivity contribution in [3.63, 3.8) is 0 Å². The molecule has 102 valence electrons. The number of sulfonamides is 1. The molecule has 0 heterocycles. The zero-order valence-electron chi connectivity index (χ0n) is 10.0. The van der Waals surface area contributed by atoms with Gasteiger partial charge in [0.25, 0.3) is 0 Å². The third kappa shape index (κ3) is 4.52. The van der Waals surface area contributed by atoms with Crippen LogP contribution < -0.4 is 15.6 Å². The van der Waals surface area contributed by atoms with Gasteiger partial charge in [-0.3, -0.25) is 0 Å². The van der Waals surface area contributed by atoms with E-state index < -0.39 is 10.0 Å². The van der Waals surface area contributed by atoms with E-state index in [1.807, 2.05) is 0 Å². The Labute approximate surface area is 107 Å². The normalized spacial score (nSPS) is 11.4. The number of nitrogens with two attached hydrogens (primary N) is 2. The fraction of sp³-hybridized carbons (Fsp3) is 0.455. The van der Waals surface area contributed by atoms with Crippen molar-refractivity contribution >= 4 is 15.7 Å². The summed E-state index contributed by atoms with van der Waals surface area (Å²) in [6.45, 7) is 0.571. The van der Waals surface area contributed by atoms with Crippen LogP contribution in [0.15, 0.2) is 23.1 Å². The number of benzene rings is 1. The van der Waals surface area contributed by atoms with Gasteiger partial charge in [-0.2, -0.15) is 0 Å². The van der Waals surface area contributed by atoms with Gasteiger partial charge in [0, 0.05) is 12.7 Å². The van der Waals surface area contributed by atoms with Crippen LogP contribution in [0.1, 0.15) is 19.3 Å². The molecule has 0 spiro atoms. The number of ether oxygens (including phenoxy) is 1. The van der Waals surface area contributed by atoms with E-state index in [4.69, 9.17) is 20.7 Å². The zero-order chi connectivity index (χ0) is 13.6. The Kier molecular flexibility index (Phi) is 5.39. The highest BCUT2D eigenvalue weighted by molar-refractivity contribution is 7.89. The lowest BCUT2D eigenvalue weighted by Crippen LogP contribution is -2.12. The van der Waals surface area contributed by atoms with Crippen LogP contribution in [0.4, 0.5) is 5.69 Å². The smallest absolute Gasteiger partial charge is 0.238 e. The molecule has 0 unspecified atom stereocenters. The molecular weight excluding hydrogens is 256 g/mol. The SMILES string of the molecule is Nc1ccc(S(N)(=O)=O)cc1OCCCCCO. The molecule has 7 heteroatoms. The molecule has 0 aliphatic carbocycles. The van der Waals surface area contributed by atoms with Crippen molar-refractivity contribution in [1.29, 1.82) is 0 Å². The van der Waals surface area contributed by atoms with Gasteiger partial charge in [0.15, 0.2) is 0 Å². The number of anilines is 1. The molecule has 6 nitrogen and oxygen atoms in total. The van der Waals surface area contributed by atoms with E-state index in [1.165, 1.54) is 18.2 Å². The summed E-state index contributed by atoms with van der Waals surface area (Å²) >= 11 is 0. The highest BCUT2D eigenvalue weighted by Crippen LogP contribution is 2.24. The molecular formula is C11H18N2O4S. The minimum absolute atomic E-state index is 0.0259. The summed E-state index contributed by atoms with van der Waals surface area (Å²) < 4.78 is 27.7. The van der Waals surface area contributed by atoms with Crippen molar-refractivity contribution in [3.8, 4) is 5.75 Å². The minimum Gasteiger partial charge on any atom is -0.491 e. The van der Waals surface area contributed by atoms with Crippen LogP contribution in [-0.2, 0) is 10.0 Å². The number of aliphatic hydroxyl groups excluding tert-OH is 1. The molecule has 1 aromatic carbocycles. The number of hydrogen-bond donors (Lipinski definition) is 3. The van der Waals surface area contributed by atoms with Crippen molar-refractivity contribution in [1.82, 2.24) is 0 Å². The monoisotopic (exact) mass is 274 g/mol. The van der Waals surface area contributed by atoms with E-state index in [-0.39, 0.29) is 11.5 Å². The van der Waals surface area contributed by atoms with Crippen LogP contribution in [0.25, 0.3) is 0 Å². The molecule has 0 aliphatic rings. The maximum Gasteiger partial charge on any atom is 0.238 e. The van der Waals surface area contributed by atoms with Crippen LogP contribution in [0.3, 0.4) is 0 Å². The summed E-state index contributed by atoms with van der Waals surface area (Å²) in [7, 11) is -3.75. The fourth-order valence-electron chi connectivity index (χ4n) is 1.39. The second kappa shape index (κ2) is 6.58. The van der Waals surface area contributed by atoms with Crippen LogP contribution in [0.5, 0.6) is 5.75 Å². The Morgan fingerprint density at radius 2 is 1.94 bits per heavy atom. The van der Waals surface area contributed by atoms with Gasteiger partial charge < -0.3 is 15.6 Å². The third-order valence-corrected chi connectivity index (χ3v) is 3.28. The van der Waals surface area contributed by atoms with Crippen molar-refractivity contribution in [2.24, 2.45) is 5.14 Å². The first kappa shape index (κ1) is 14.7. The quantitative estimate of drug-likeness (QED) is 0.493. The third-order valence-electron chi connectivity index (χ3n) is 2.37. The van der Waals surface area contributed by atoms with E-state index in [9.17, 15) is 8.42 Å². The van der Waals surface area contributed by atoms with E-state index in [0.29, 0.717) is 18.0 Å². The molecule has 18 heavy (non-hydrogen) atoms.